The molecule has 1 rings (SSSR count). The Balaban J connectivity index is 2.07. The molecule has 0 aromatic rings. The van der Waals surface area contributed by atoms with E-state index >= 15 is 0 Å². The van der Waals surface area contributed by atoms with Crippen LogP contribution >= 0.6 is 0 Å². The maximum atomic E-state index is 6.27. The first-order chi connectivity index (χ1) is 11.9. The van der Waals surface area contributed by atoms with Gasteiger partial charge in [-0.15, -0.1) is 0 Å². The van der Waals surface area contributed by atoms with Crippen molar-refractivity contribution in [2.75, 3.05) is 0 Å². The second kappa shape index (κ2) is 17.8. The number of nitrogens with two attached hydrogens (primary N) is 1. The predicted octanol–water partition coefficient (Wildman–Crippen LogP) is 7.91. The van der Waals surface area contributed by atoms with E-state index in [-0.39, 0.29) is 0 Å². The lowest BCUT2D eigenvalue weighted by Gasteiger charge is -2.11. The van der Waals surface area contributed by atoms with Crippen LogP contribution in [0.25, 0.3) is 0 Å². The SMILES string of the molecule is NC1CCCCCCCCCCCCCCCCCCCCCC1. The van der Waals surface area contributed by atoms with Crippen LogP contribution in [0.1, 0.15) is 141 Å². The van der Waals surface area contributed by atoms with Crippen molar-refractivity contribution in [3.8, 4) is 0 Å². The Bertz CT molecular complexity index is 214. The van der Waals surface area contributed by atoms with Gasteiger partial charge in [-0.3, -0.25) is 0 Å². The lowest BCUT2D eigenvalue weighted by atomic mass is 10.0. The summed E-state index contributed by atoms with van der Waals surface area (Å²) < 4.78 is 0. The van der Waals surface area contributed by atoms with Gasteiger partial charge in [0, 0.05) is 6.04 Å². The number of rotatable bonds is 0. The highest BCUT2D eigenvalue weighted by Crippen LogP contribution is 2.16. The molecule has 2 N–H and O–H groups in total. The fourth-order valence-electron chi connectivity index (χ4n) is 4.14. The maximum Gasteiger partial charge on any atom is 0.00388 e. The van der Waals surface area contributed by atoms with Gasteiger partial charge in [0.2, 0.25) is 0 Å². The Kier molecular flexibility index (Phi) is 16.3. The zero-order valence-corrected chi connectivity index (χ0v) is 16.7. The second-order valence-corrected chi connectivity index (χ2v) is 8.41. The van der Waals surface area contributed by atoms with E-state index in [1.807, 2.05) is 0 Å². The Hall–Kier alpha value is -0.0400. The van der Waals surface area contributed by atoms with Crippen molar-refractivity contribution in [2.24, 2.45) is 5.73 Å². The molecule has 1 saturated carbocycles. The first kappa shape index (κ1) is 22.0. The van der Waals surface area contributed by atoms with E-state index in [1.165, 1.54) is 141 Å². The quantitative estimate of drug-likeness (QED) is 0.477. The molecule has 1 fully saturated rings. The van der Waals surface area contributed by atoms with Crippen LogP contribution < -0.4 is 5.73 Å². The van der Waals surface area contributed by atoms with Gasteiger partial charge in [0.25, 0.3) is 0 Å². The molecule has 0 aromatic heterocycles. The highest BCUT2D eigenvalue weighted by atomic mass is 14.6. The molecule has 0 aliphatic heterocycles. The van der Waals surface area contributed by atoms with E-state index in [1.54, 1.807) is 0 Å². The van der Waals surface area contributed by atoms with Crippen LogP contribution in [0.5, 0.6) is 0 Å². The molecule has 0 spiro atoms. The summed E-state index contributed by atoms with van der Waals surface area (Å²) >= 11 is 0. The molecular formula is C23H47N. The van der Waals surface area contributed by atoms with Crippen LogP contribution in [0.3, 0.4) is 0 Å². The molecule has 0 saturated heterocycles. The minimum Gasteiger partial charge on any atom is -0.328 e. The van der Waals surface area contributed by atoms with Gasteiger partial charge >= 0.3 is 0 Å². The summed E-state index contributed by atoms with van der Waals surface area (Å²) in [5, 5.41) is 0. The summed E-state index contributed by atoms with van der Waals surface area (Å²) in [7, 11) is 0. The van der Waals surface area contributed by atoms with Crippen LogP contribution in [0, 0.1) is 0 Å². The topological polar surface area (TPSA) is 26.0 Å². The van der Waals surface area contributed by atoms with E-state index in [0.717, 1.165) is 0 Å². The first-order valence-corrected chi connectivity index (χ1v) is 11.6. The third-order valence-corrected chi connectivity index (χ3v) is 5.90. The maximum absolute atomic E-state index is 6.27. The number of hydrogen-bond donors (Lipinski definition) is 1. The fraction of sp³-hybridized carbons (Fsp3) is 1.00. The monoisotopic (exact) mass is 337 g/mol. The number of hydrogen-bond acceptors (Lipinski definition) is 1. The van der Waals surface area contributed by atoms with E-state index in [0.29, 0.717) is 6.04 Å². The van der Waals surface area contributed by atoms with Crippen molar-refractivity contribution in [1.82, 2.24) is 0 Å². The molecular weight excluding hydrogens is 290 g/mol. The molecule has 0 heterocycles. The molecule has 1 aliphatic rings. The van der Waals surface area contributed by atoms with E-state index < -0.39 is 0 Å². The minimum absolute atomic E-state index is 0.478. The lowest BCUT2D eigenvalue weighted by Crippen LogP contribution is -2.19. The zero-order valence-electron chi connectivity index (χ0n) is 16.7. The van der Waals surface area contributed by atoms with Gasteiger partial charge in [-0.1, -0.05) is 128 Å². The second-order valence-electron chi connectivity index (χ2n) is 8.41. The van der Waals surface area contributed by atoms with Gasteiger partial charge in [0.15, 0.2) is 0 Å². The minimum atomic E-state index is 0.478. The average Bonchev–Trinajstić information content (AvgIpc) is 2.58. The summed E-state index contributed by atoms with van der Waals surface area (Å²) in [6.07, 6.45) is 31.6. The van der Waals surface area contributed by atoms with Crippen molar-refractivity contribution in [1.29, 1.82) is 0 Å². The smallest absolute Gasteiger partial charge is 0.00388 e. The van der Waals surface area contributed by atoms with Crippen LogP contribution in [0.4, 0.5) is 0 Å². The highest BCUT2D eigenvalue weighted by molar-refractivity contribution is 4.62. The van der Waals surface area contributed by atoms with Crippen LogP contribution in [0.2, 0.25) is 0 Å². The molecule has 0 bridgehead atoms. The van der Waals surface area contributed by atoms with Crippen molar-refractivity contribution in [3.63, 3.8) is 0 Å². The van der Waals surface area contributed by atoms with Gasteiger partial charge in [0.05, 0.1) is 0 Å². The zero-order chi connectivity index (χ0) is 17.1. The van der Waals surface area contributed by atoms with Crippen LogP contribution in [0.15, 0.2) is 0 Å². The molecule has 24 heavy (non-hydrogen) atoms. The van der Waals surface area contributed by atoms with Gasteiger partial charge in [-0.2, -0.15) is 0 Å². The molecule has 1 nitrogen and oxygen atoms in total. The largest absolute Gasteiger partial charge is 0.328 e. The van der Waals surface area contributed by atoms with Crippen molar-refractivity contribution < 1.29 is 0 Å². The van der Waals surface area contributed by atoms with Crippen molar-refractivity contribution in [2.45, 2.75) is 147 Å². The normalized spacial score (nSPS) is 24.4. The lowest BCUT2D eigenvalue weighted by molar-refractivity contribution is 0.479. The van der Waals surface area contributed by atoms with E-state index in [4.69, 9.17) is 5.73 Å². The highest BCUT2D eigenvalue weighted by Gasteiger charge is 2.02. The van der Waals surface area contributed by atoms with Crippen LogP contribution in [-0.4, -0.2) is 6.04 Å². The molecule has 144 valence electrons. The Labute approximate surface area is 153 Å². The van der Waals surface area contributed by atoms with Crippen LogP contribution in [-0.2, 0) is 0 Å². The summed E-state index contributed by atoms with van der Waals surface area (Å²) in [4.78, 5) is 0. The fourth-order valence-corrected chi connectivity index (χ4v) is 4.14. The molecule has 1 heteroatoms. The average molecular weight is 338 g/mol. The van der Waals surface area contributed by atoms with E-state index in [9.17, 15) is 0 Å². The van der Waals surface area contributed by atoms with Gasteiger partial charge in [-0.05, 0) is 12.8 Å². The molecule has 1 aliphatic carbocycles. The Morgan fingerprint density at radius 1 is 0.292 bits per heavy atom. The van der Waals surface area contributed by atoms with Crippen molar-refractivity contribution in [3.05, 3.63) is 0 Å². The first-order valence-electron chi connectivity index (χ1n) is 11.6. The standard InChI is InChI=1S/C23H47N/c24-23-21-19-17-15-13-11-9-7-5-3-1-2-4-6-8-10-12-14-16-18-20-22-23/h23H,1-22,24H2. The molecule has 0 unspecified atom stereocenters. The molecule has 0 amide bonds. The Morgan fingerprint density at radius 2 is 0.458 bits per heavy atom. The van der Waals surface area contributed by atoms with E-state index in [2.05, 4.69) is 0 Å². The summed E-state index contributed by atoms with van der Waals surface area (Å²) in [5.74, 6) is 0. The molecule has 0 atom stereocenters. The summed E-state index contributed by atoms with van der Waals surface area (Å²) in [6.45, 7) is 0. The predicted molar refractivity (Wildman–Crippen MR) is 110 cm³/mol. The van der Waals surface area contributed by atoms with Gasteiger partial charge < -0.3 is 5.73 Å². The van der Waals surface area contributed by atoms with Crippen molar-refractivity contribution >= 4 is 0 Å². The summed E-state index contributed by atoms with van der Waals surface area (Å²) in [5.41, 5.74) is 6.27. The van der Waals surface area contributed by atoms with Gasteiger partial charge in [0.1, 0.15) is 0 Å². The third kappa shape index (κ3) is 15.5. The van der Waals surface area contributed by atoms with Gasteiger partial charge in [-0.25, -0.2) is 0 Å². The summed E-state index contributed by atoms with van der Waals surface area (Å²) in [6, 6.07) is 0.478. The molecule has 0 aromatic carbocycles. The third-order valence-electron chi connectivity index (χ3n) is 5.90. The molecule has 0 radical (unpaired) electrons. The Morgan fingerprint density at radius 3 is 0.667 bits per heavy atom.